The van der Waals surface area contributed by atoms with Crippen molar-refractivity contribution in [3.05, 3.63) is 24.5 Å². The zero-order valence-electron chi connectivity index (χ0n) is 14.6. The van der Waals surface area contributed by atoms with Gasteiger partial charge in [0, 0.05) is 5.92 Å². The Balaban J connectivity index is 2.34. The van der Waals surface area contributed by atoms with Gasteiger partial charge in [-0.1, -0.05) is 19.6 Å². The van der Waals surface area contributed by atoms with Crippen LogP contribution in [0.15, 0.2) is 24.5 Å². The van der Waals surface area contributed by atoms with E-state index in [0.29, 0.717) is 30.6 Å². The van der Waals surface area contributed by atoms with Crippen LogP contribution < -0.4 is 0 Å². The Morgan fingerprint density at radius 2 is 1.38 bits per heavy atom. The van der Waals surface area contributed by atoms with Gasteiger partial charge in [-0.25, -0.2) is 0 Å². The normalized spacial score (nSPS) is 30.5. The molecule has 0 aromatic rings. The third-order valence-electron chi connectivity index (χ3n) is 5.79. The van der Waals surface area contributed by atoms with E-state index in [9.17, 15) is 31.4 Å². The van der Waals surface area contributed by atoms with E-state index in [-0.39, 0.29) is 19.3 Å². The van der Waals surface area contributed by atoms with Crippen molar-refractivity contribution in [1.82, 2.24) is 0 Å². The molecule has 0 spiro atoms. The molecule has 0 heterocycles. The monoisotopic (exact) mass is 386 g/mol. The minimum absolute atomic E-state index is 0.180. The minimum atomic E-state index is -5.78. The van der Waals surface area contributed by atoms with Gasteiger partial charge in [0.05, 0.1) is 0 Å². The maximum absolute atomic E-state index is 13.3. The Kier molecular flexibility index (Phi) is 5.76. The molecule has 26 heavy (non-hydrogen) atoms. The standard InChI is InChI=1S/C18H24F6O2/c1-10(2)11(3)26-15-9-5-6-12-13(15)7-4-8-14(12)16(25,17(19,20)21)18(22,23)24/h12-15,25H,1,3-9H2,2H3. The lowest BCUT2D eigenvalue weighted by Crippen LogP contribution is -2.65. The molecular formula is C18H24F6O2. The highest BCUT2D eigenvalue weighted by Crippen LogP contribution is 2.57. The molecule has 4 atom stereocenters. The molecule has 2 fully saturated rings. The number of alkyl halides is 6. The first-order chi connectivity index (χ1) is 11.8. The Bertz CT molecular complexity index is 537. The molecular weight excluding hydrogens is 362 g/mol. The summed E-state index contributed by atoms with van der Waals surface area (Å²) in [7, 11) is 0. The van der Waals surface area contributed by atoms with E-state index in [0.717, 1.165) is 0 Å². The van der Waals surface area contributed by atoms with E-state index in [2.05, 4.69) is 13.2 Å². The van der Waals surface area contributed by atoms with Crippen molar-refractivity contribution in [2.75, 3.05) is 0 Å². The summed E-state index contributed by atoms with van der Waals surface area (Å²) in [6.45, 7) is 9.05. The second-order valence-corrected chi connectivity index (χ2v) is 7.42. The Morgan fingerprint density at radius 1 is 0.885 bits per heavy atom. The fourth-order valence-corrected chi connectivity index (χ4v) is 4.48. The molecule has 0 saturated heterocycles. The Labute approximate surface area is 148 Å². The molecule has 8 heteroatoms. The topological polar surface area (TPSA) is 29.5 Å². The number of rotatable bonds is 4. The highest BCUT2D eigenvalue weighted by molar-refractivity contribution is 5.17. The van der Waals surface area contributed by atoms with Crippen LogP contribution in [0.25, 0.3) is 0 Å². The van der Waals surface area contributed by atoms with E-state index in [4.69, 9.17) is 4.74 Å². The molecule has 2 nitrogen and oxygen atoms in total. The third-order valence-corrected chi connectivity index (χ3v) is 5.79. The number of hydrogen-bond donors (Lipinski definition) is 1. The second-order valence-electron chi connectivity index (χ2n) is 7.42. The molecule has 1 N–H and O–H groups in total. The van der Waals surface area contributed by atoms with Gasteiger partial charge in [-0.05, 0) is 56.4 Å². The molecule has 4 unspecified atom stereocenters. The summed E-state index contributed by atoms with van der Waals surface area (Å²) in [5, 5.41) is 9.88. The summed E-state index contributed by atoms with van der Waals surface area (Å²) in [5.41, 5.74) is -4.14. The average Bonchev–Trinajstić information content (AvgIpc) is 2.51. The van der Waals surface area contributed by atoms with Crippen molar-refractivity contribution in [2.24, 2.45) is 17.8 Å². The first-order valence-corrected chi connectivity index (χ1v) is 8.68. The lowest BCUT2D eigenvalue weighted by molar-refractivity contribution is -0.394. The van der Waals surface area contributed by atoms with Crippen LogP contribution >= 0.6 is 0 Å². The van der Waals surface area contributed by atoms with E-state index >= 15 is 0 Å². The van der Waals surface area contributed by atoms with Gasteiger partial charge in [-0.15, -0.1) is 0 Å². The van der Waals surface area contributed by atoms with Crippen molar-refractivity contribution >= 4 is 0 Å². The molecule has 150 valence electrons. The van der Waals surface area contributed by atoms with Crippen LogP contribution in [0.4, 0.5) is 26.3 Å². The van der Waals surface area contributed by atoms with Crippen LogP contribution in [-0.2, 0) is 4.74 Å². The second kappa shape index (κ2) is 7.09. The molecule has 2 aliphatic carbocycles. The van der Waals surface area contributed by atoms with E-state index < -0.39 is 41.8 Å². The SMILES string of the molecule is C=C(C)C(=C)OC1CCCC2C1CCCC2C(O)(C(F)(F)F)C(F)(F)F. The van der Waals surface area contributed by atoms with E-state index in [1.807, 2.05) is 0 Å². The zero-order valence-corrected chi connectivity index (χ0v) is 14.6. The van der Waals surface area contributed by atoms with Gasteiger partial charge in [0.1, 0.15) is 11.9 Å². The van der Waals surface area contributed by atoms with Gasteiger partial charge < -0.3 is 9.84 Å². The Morgan fingerprint density at radius 3 is 1.88 bits per heavy atom. The summed E-state index contributed by atoms with van der Waals surface area (Å²) in [6.07, 6.45) is -10.5. The highest BCUT2D eigenvalue weighted by atomic mass is 19.4. The van der Waals surface area contributed by atoms with Crippen LogP contribution in [0, 0.1) is 17.8 Å². The first-order valence-electron chi connectivity index (χ1n) is 8.68. The van der Waals surface area contributed by atoms with Crippen molar-refractivity contribution < 1.29 is 36.2 Å². The van der Waals surface area contributed by atoms with Crippen LogP contribution in [0.1, 0.15) is 45.4 Å². The van der Waals surface area contributed by atoms with Gasteiger partial charge in [0.25, 0.3) is 5.60 Å². The molecule has 0 aliphatic heterocycles. The maximum Gasteiger partial charge on any atom is 0.426 e. The molecule has 2 aliphatic rings. The Hall–Kier alpha value is -1.18. The predicted molar refractivity (Wildman–Crippen MR) is 84.1 cm³/mol. The van der Waals surface area contributed by atoms with Gasteiger partial charge in [-0.3, -0.25) is 0 Å². The fourth-order valence-electron chi connectivity index (χ4n) is 4.48. The zero-order chi connectivity index (χ0) is 19.9. The van der Waals surface area contributed by atoms with E-state index in [1.54, 1.807) is 6.92 Å². The van der Waals surface area contributed by atoms with Gasteiger partial charge in [-0.2, -0.15) is 26.3 Å². The fraction of sp³-hybridized carbons (Fsp3) is 0.778. The largest absolute Gasteiger partial charge is 0.491 e. The van der Waals surface area contributed by atoms with Crippen LogP contribution in [0.2, 0.25) is 0 Å². The van der Waals surface area contributed by atoms with Gasteiger partial charge >= 0.3 is 12.4 Å². The van der Waals surface area contributed by atoms with Crippen molar-refractivity contribution in [3.8, 4) is 0 Å². The summed E-state index contributed by atoms with van der Waals surface area (Å²) in [4.78, 5) is 0. The lowest BCUT2D eigenvalue weighted by Gasteiger charge is -2.51. The highest BCUT2D eigenvalue weighted by Gasteiger charge is 2.75. The lowest BCUT2D eigenvalue weighted by atomic mass is 9.59. The molecule has 0 bridgehead atoms. The summed E-state index contributed by atoms with van der Waals surface area (Å²) >= 11 is 0. The first kappa shape index (κ1) is 21.1. The molecule has 0 amide bonds. The maximum atomic E-state index is 13.3. The number of ether oxygens (including phenoxy) is 1. The predicted octanol–water partition coefficient (Wildman–Crippen LogP) is 5.53. The molecule has 2 rings (SSSR count). The molecule has 2 saturated carbocycles. The molecule has 0 aromatic heterocycles. The van der Waals surface area contributed by atoms with Crippen LogP contribution in [0.5, 0.6) is 0 Å². The van der Waals surface area contributed by atoms with Crippen molar-refractivity contribution in [2.45, 2.75) is 69.5 Å². The number of allylic oxidation sites excluding steroid dienone is 1. The van der Waals surface area contributed by atoms with E-state index in [1.165, 1.54) is 0 Å². The number of halogens is 6. The van der Waals surface area contributed by atoms with Crippen LogP contribution in [0.3, 0.4) is 0 Å². The number of hydrogen-bond acceptors (Lipinski definition) is 2. The summed E-state index contributed by atoms with van der Waals surface area (Å²) < 4.78 is 85.7. The summed E-state index contributed by atoms with van der Waals surface area (Å²) in [5.74, 6) is -3.02. The molecule has 0 radical (unpaired) electrons. The number of fused-ring (bicyclic) bond motifs is 1. The molecule has 0 aromatic carbocycles. The number of aliphatic hydroxyl groups is 1. The minimum Gasteiger partial charge on any atom is -0.491 e. The van der Waals surface area contributed by atoms with Gasteiger partial charge in [0.15, 0.2) is 0 Å². The third kappa shape index (κ3) is 3.62. The van der Waals surface area contributed by atoms with Crippen molar-refractivity contribution in [3.63, 3.8) is 0 Å². The van der Waals surface area contributed by atoms with Crippen LogP contribution in [-0.4, -0.2) is 29.2 Å². The summed E-state index contributed by atoms with van der Waals surface area (Å²) in [6, 6.07) is 0. The quantitative estimate of drug-likeness (QED) is 0.391. The smallest absolute Gasteiger partial charge is 0.426 e. The van der Waals surface area contributed by atoms with Gasteiger partial charge in [0.2, 0.25) is 0 Å². The average molecular weight is 386 g/mol. The van der Waals surface area contributed by atoms with Crippen molar-refractivity contribution in [1.29, 1.82) is 0 Å².